The van der Waals surface area contributed by atoms with Crippen LogP contribution in [0.4, 0.5) is 10.1 Å². The minimum atomic E-state index is -0.923. The van der Waals surface area contributed by atoms with Gasteiger partial charge in [-0.15, -0.1) is 0 Å². The Morgan fingerprint density at radius 3 is 2.27 bits per heavy atom. The summed E-state index contributed by atoms with van der Waals surface area (Å²) in [5.41, 5.74) is 3.10. The third kappa shape index (κ3) is 4.68. The third-order valence-electron chi connectivity index (χ3n) is 2.56. The summed E-state index contributed by atoms with van der Waals surface area (Å²) in [6, 6.07) is 11.8. The van der Waals surface area contributed by atoms with Crippen molar-refractivity contribution < 1.29 is 14.0 Å². The van der Waals surface area contributed by atoms with Crippen LogP contribution in [-0.2, 0) is 9.59 Å². The molecule has 0 atom stereocenters. The van der Waals surface area contributed by atoms with E-state index in [0.29, 0.717) is 16.3 Å². The molecule has 0 aliphatic carbocycles. The molecular formula is C15H11ClFN3O2. The number of amides is 2. The van der Waals surface area contributed by atoms with Crippen LogP contribution in [0, 0.1) is 5.82 Å². The first-order chi connectivity index (χ1) is 10.5. The Kier molecular flexibility index (Phi) is 5.21. The number of halogens is 2. The van der Waals surface area contributed by atoms with Gasteiger partial charge in [-0.1, -0.05) is 23.7 Å². The van der Waals surface area contributed by atoms with Crippen LogP contribution in [0.2, 0.25) is 5.02 Å². The average molecular weight is 320 g/mol. The number of anilines is 1. The second-order valence-electron chi connectivity index (χ2n) is 4.21. The highest BCUT2D eigenvalue weighted by molar-refractivity contribution is 6.39. The van der Waals surface area contributed by atoms with Gasteiger partial charge in [0.05, 0.1) is 6.21 Å². The van der Waals surface area contributed by atoms with Crippen LogP contribution in [0.3, 0.4) is 0 Å². The summed E-state index contributed by atoms with van der Waals surface area (Å²) in [5.74, 6) is -2.16. The number of carbonyl (C=O) groups excluding carboxylic acids is 2. The quantitative estimate of drug-likeness (QED) is 0.518. The van der Waals surface area contributed by atoms with E-state index in [1.807, 2.05) is 0 Å². The number of benzene rings is 2. The van der Waals surface area contributed by atoms with Crippen molar-refractivity contribution in [2.45, 2.75) is 0 Å². The second-order valence-corrected chi connectivity index (χ2v) is 4.65. The first-order valence-electron chi connectivity index (χ1n) is 6.20. The van der Waals surface area contributed by atoms with Gasteiger partial charge >= 0.3 is 11.8 Å². The number of hydrogen-bond acceptors (Lipinski definition) is 3. The van der Waals surface area contributed by atoms with E-state index in [4.69, 9.17) is 11.6 Å². The minimum Gasteiger partial charge on any atom is -0.318 e. The molecule has 7 heteroatoms. The molecule has 2 aromatic carbocycles. The fourth-order valence-corrected chi connectivity index (χ4v) is 1.61. The van der Waals surface area contributed by atoms with Crippen molar-refractivity contribution in [3.63, 3.8) is 0 Å². The molecule has 0 unspecified atom stereocenters. The van der Waals surface area contributed by atoms with Gasteiger partial charge in [0.15, 0.2) is 0 Å². The van der Waals surface area contributed by atoms with E-state index in [1.54, 1.807) is 24.3 Å². The van der Waals surface area contributed by atoms with Crippen molar-refractivity contribution in [1.29, 1.82) is 0 Å². The van der Waals surface area contributed by atoms with Gasteiger partial charge in [0.2, 0.25) is 0 Å². The van der Waals surface area contributed by atoms with Gasteiger partial charge in [0.25, 0.3) is 0 Å². The Labute approximate surface area is 130 Å². The van der Waals surface area contributed by atoms with E-state index in [2.05, 4.69) is 15.8 Å². The molecule has 22 heavy (non-hydrogen) atoms. The third-order valence-corrected chi connectivity index (χ3v) is 2.81. The van der Waals surface area contributed by atoms with E-state index in [-0.39, 0.29) is 5.82 Å². The topological polar surface area (TPSA) is 70.6 Å². The SMILES string of the molecule is O=C(N/N=C/c1ccc(F)cc1)C(=O)Nc1ccc(Cl)cc1. The summed E-state index contributed by atoms with van der Waals surface area (Å²) in [4.78, 5) is 23.1. The number of carbonyl (C=O) groups is 2. The van der Waals surface area contributed by atoms with Gasteiger partial charge in [-0.05, 0) is 42.0 Å². The summed E-state index contributed by atoms with van der Waals surface area (Å²) in [5, 5.41) is 6.53. The Bertz CT molecular complexity index is 700. The van der Waals surface area contributed by atoms with Crippen LogP contribution in [0.25, 0.3) is 0 Å². The first kappa shape index (κ1) is 15.7. The standard InChI is InChI=1S/C15H11ClFN3O2/c16-11-3-7-13(8-4-11)19-14(21)15(22)20-18-9-10-1-5-12(17)6-2-10/h1-9H,(H,19,21)(H,20,22)/b18-9+. The highest BCUT2D eigenvalue weighted by Crippen LogP contribution is 2.13. The molecule has 0 aromatic heterocycles. The van der Waals surface area contributed by atoms with Crippen LogP contribution in [-0.4, -0.2) is 18.0 Å². The van der Waals surface area contributed by atoms with Crippen molar-refractivity contribution in [3.8, 4) is 0 Å². The van der Waals surface area contributed by atoms with Crippen LogP contribution in [0.15, 0.2) is 53.6 Å². The maximum Gasteiger partial charge on any atom is 0.329 e. The minimum absolute atomic E-state index is 0.372. The first-order valence-corrected chi connectivity index (χ1v) is 6.58. The maximum absolute atomic E-state index is 12.7. The molecule has 2 rings (SSSR count). The predicted molar refractivity (Wildman–Crippen MR) is 82.2 cm³/mol. The average Bonchev–Trinajstić information content (AvgIpc) is 2.51. The van der Waals surface area contributed by atoms with Gasteiger partial charge in [0.1, 0.15) is 5.82 Å². The molecule has 112 valence electrons. The Morgan fingerprint density at radius 2 is 1.64 bits per heavy atom. The van der Waals surface area contributed by atoms with Crippen molar-refractivity contribution in [2.24, 2.45) is 5.10 Å². The molecule has 0 heterocycles. The van der Waals surface area contributed by atoms with Gasteiger partial charge in [-0.2, -0.15) is 5.10 Å². The van der Waals surface area contributed by atoms with Gasteiger partial charge < -0.3 is 5.32 Å². The zero-order chi connectivity index (χ0) is 15.9. The number of rotatable bonds is 3. The van der Waals surface area contributed by atoms with Gasteiger partial charge in [-0.25, -0.2) is 9.82 Å². The lowest BCUT2D eigenvalue weighted by Gasteiger charge is -2.03. The smallest absolute Gasteiger partial charge is 0.318 e. The zero-order valence-electron chi connectivity index (χ0n) is 11.2. The molecule has 0 aliphatic rings. The van der Waals surface area contributed by atoms with Crippen molar-refractivity contribution in [2.75, 3.05) is 5.32 Å². The van der Waals surface area contributed by atoms with Crippen LogP contribution in [0.5, 0.6) is 0 Å². The molecule has 0 saturated heterocycles. The molecule has 2 aromatic rings. The van der Waals surface area contributed by atoms with Crippen molar-refractivity contribution >= 4 is 35.3 Å². The lowest BCUT2D eigenvalue weighted by atomic mass is 10.2. The highest BCUT2D eigenvalue weighted by Gasteiger charge is 2.12. The van der Waals surface area contributed by atoms with E-state index < -0.39 is 11.8 Å². The molecule has 0 fully saturated rings. The fourth-order valence-electron chi connectivity index (χ4n) is 1.49. The Balaban J connectivity index is 1.87. The Hall–Kier alpha value is -2.73. The predicted octanol–water partition coefficient (Wildman–Crippen LogP) is 2.57. The van der Waals surface area contributed by atoms with Crippen LogP contribution < -0.4 is 10.7 Å². The highest BCUT2D eigenvalue weighted by atomic mass is 35.5. The molecule has 2 amide bonds. The molecule has 0 spiro atoms. The zero-order valence-corrected chi connectivity index (χ0v) is 12.0. The summed E-state index contributed by atoms with van der Waals surface area (Å²) in [6.07, 6.45) is 1.30. The number of hydrogen-bond donors (Lipinski definition) is 2. The molecule has 2 N–H and O–H groups in total. The molecule has 0 radical (unpaired) electrons. The second kappa shape index (κ2) is 7.33. The largest absolute Gasteiger partial charge is 0.329 e. The molecule has 5 nitrogen and oxygen atoms in total. The normalized spacial score (nSPS) is 10.5. The van der Waals surface area contributed by atoms with Gasteiger partial charge in [-0.3, -0.25) is 9.59 Å². The van der Waals surface area contributed by atoms with E-state index >= 15 is 0 Å². The maximum atomic E-state index is 12.7. The fraction of sp³-hybridized carbons (Fsp3) is 0. The summed E-state index contributed by atoms with van der Waals surface area (Å²) < 4.78 is 12.7. The summed E-state index contributed by atoms with van der Waals surface area (Å²) in [6.45, 7) is 0. The van der Waals surface area contributed by atoms with E-state index in [1.165, 1.54) is 30.5 Å². The summed E-state index contributed by atoms with van der Waals surface area (Å²) in [7, 11) is 0. The number of nitrogens with zero attached hydrogens (tertiary/aromatic N) is 1. The van der Waals surface area contributed by atoms with Crippen molar-refractivity contribution in [1.82, 2.24) is 5.43 Å². The number of hydrazone groups is 1. The van der Waals surface area contributed by atoms with E-state index in [9.17, 15) is 14.0 Å². The molecule has 0 bridgehead atoms. The van der Waals surface area contributed by atoms with Gasteiger partial charge in [0, 0.05) is 10.7 Å². The lowest BCUT2D eigenvalue weighted by molar-refractivity contribution is -0.136. The summed E-state index contributed by atoms with van der Waals surface area (Å²) >= 11 is 5.71. The van der Waals surface area contributed by atoms with Crippen molar-refractivity contribution in [3.05, 3.63) is 64.9 Å². The molecule has 0 saturated carbocycles. The lowest BCUT2D eigenvalue weighted by Crippen LogP contribution is -2.32. The van der Waals surface area contributed by atoms with E-state index in [0.717, 1.165) is 0 Å². The molecular weight excluding hydrogens is 309 g/mol. The molecule has 0 aliphatic heterocycles. The van der Waals surface area contributed by atoms with Crippen LogP contribution in [0.1, 0.15) is 5.56 Å². The monoisotopic (exact) mass is 319 g/mol. The number of nitrogens with one attached hydrogen (secondary N) is 2. The van der Waals surface area contributed by atoms with Crippen LogP contribution >= 0.6 is 11.6 Å². The Morgan fingerprint density at radius 1 is 1.00 bits per heavy atom.